The minimum atomic E-state index is -0.214. The first kappa shape index (κ1) is 19.6. The quantitative estimate of drug-likeness (QED) is 0.729. The van der Waals surface area contributed by atoms with Gasteiger partial charge in [0.15, 0.2) is 0 Å². The molecular weight excluding hydrogens is 367 g/mol. The fourth-order valence-electron chi connectivity index (χ4n) is 3.22. The number of carbonyl (C=O) groups is 1. The van der Waals surface area contributed by atoms with E-state index in [0.29, 0.717) is 18.2 Å². The monoisotopic (exact) mass is 390 g/mol. The van der Waals surface area contributed by atoms with E-state index in [1.807, 2.05) is 12.1 Å². The van der Waals surface area contributed by atoms with Crippen LogP contribution < -0.4 is 10.1 Å². The lowest BCUT2D eigenvalue weighted by Gasteiger charge is -2.31. The van der Waals surface area contributed by atoms with Gasteiger partial charge in [-0.05, 0) is 67.9 Å². The van der Waals surface area contributed by atoms with Crippen LogP contribution in [0, 0.1) is 11.7 Å². The second-order valence-electron chi connectivity index (χ2n) is 6.77. The highest BCUT2D eigenvalue weighted by molar-refractivity contribution is 6.30. The Hall–Kier alpha value is -2.11. The normalized spacial score (nSPS) is 15.5. The molecule has 0 saturated carbocycles. The predicted octanol–water partition coefficient (Wildman–Crippen LogP) is 3.89. The summed E-state index contributed by atoms with van der Waals surface area (Å²) in [5.74, 6) is 0.665. The van der Waals surface area contributed by atoms with Gasteiger partial charge in [-0.1, -0.05) is 23.7 Å². The Balaban J connectivity index is 1.33. The average Bonchev–Trinajstić information content (AvgIpc) is 2.69. The van der Waals surface area contributed by atoms with E-state index in [-0.39, 0.29) is 17.6 Å². The molecule has 1 aliphatic heterocycles. The second kappa shape index (κ2) is 9.72. The molecule has 0 bridgehead atoms. The lowest BCUT2D eigenvalue weighted by Crippen LogP contribution is -2.41. The van der Waals surface area contributed by atoms with Crippen LogP contribution in [0.4, 0.5) is 4.39 Å². The van der Waals surface area contributed by atoms with Crippen molar-refractivity contribution in [2.45, 2.75) is 19.4 Å². The van der Waals surface area contributed by atoms with E-state index >= 15 is 0 Å². The van der Waals surface area contributed by atoms with Gasteiger partial charge >= 0.3 is 0 Å². The smallest absolute Gasteiger partial charge is 0.223 e. The second-order valence-corrected chi connectivity index (χ2v) is 7.21. The summed E-state index contributed by atoms with van der Waals surface area (Å²) in [5.41, 5.74) is 1.10. The number of rotatable bonds is 7. The first-order valence-electron chi connectivity index (χ1n) is 9.23. The van der Waals surface area contributed by atoms with Crippen molar-refractivity contribution < 1.29 is 13.9 Å². The zero-order chi connectivity index (χ0) is 19.1. The highest BCUT2D eigenvalue weighted by Crippen LogP contribution is 2.19. The molecule has 144 valence electrons. The molecule has 0 radical (unpaired) electrons. The highest BCUT2D eigenvalue weighted by atomic mass is 35.5. The fraction of sp³-hybridized carbons (Fsp3) is 0.381. The van der Waals surface area contributed by atoms with Crippen LogP contribution in [0.2, 0.25) is 5.02 Å². The van der Waals surface area contributed by atoms with Crippen molar-refractivity contribution in [2.75, 3.05) is 26.2 Å². The molecule has 0 spiro atoms. The van der Waals surface area contributed by atoms with Gasteiger partial charge in [0.25, 0.3) is 0 Å². The number of amides is 1. The van der Waals surface area contributed by atoms with Crippen LogP contribution >= 0.6 is 11.6 Å². The van der Waals surface area contributed by atoms with Gasteiger partial charge in [-0.3, -0.25) is 9.69 Å². The zero-order valence-corrected chi connectivity index (χ0v) is 15.9. The van der Waals surface area contributed by atoms with Gasteiger partial charge in [0.05, 0.1) is 6.54 Å². The summed E-state index contributed by atoms with van der Waals surface area (Å²) in [6.45, 7) is 3.45. The molecule has 1 fully saturated rings. The molecular formula is C21H24ClFN2O2. The van der Waals surface area contributed by atoms with E-state index in [1.54, 1.807) is 24.3 Å². The van der Waals surface area contributed by atoms with Gasteiger partial charge in [-0.25, -0.2) is 4.39 Å². The van der Waals surface area contributed by atoms with Crippen molar-refractivity contribution in [3.05, 3.63) is 64.9 Å². The van der Waals surface area contributed by atoms with Crippen LogP contribution in [0.5, 0.6) is 5.75 Å². The Bertz CT molecular complexity index is 729. The molecule has 0 unspecified atom stereocenters. The molecule has 1 N–H and O–H groups in total. The van der Waals surface area contributed by atoms with Crippen LogP contribution in [0.15, 0.2) is 48.5 Å². The summed E-state index contributed by atoms with van der Waals surface area (Å²) in [6.07, 6.45) is 1.68. The van der Waals surface area contributed by atoms with E-state index in [4.69, 9.17) is 16.3 Å². The Labute approximate surface area is 164 Å². The minimum absolute atomic E-state index is 0.0463. The Morgan fingerprint density at radius 2 is 1.78 bits per heavy atom. The van der Waals surface area contributed by atoms with Crippen LogP contribution in [0.1, 0.15) is 18.4 Å². The van der Waals surface area contributed by atoms with Gasteiger partial charge in [-0.15, -0.1) is 0 Å². The van der Waals surface area contributed by atoms with E-state index in [9.17, 15) is 9.18 Å². The summed E-state index contributed by atoms with van der Waals surface area (Å²) in [4.78, 5) is 14.6. The highest BCUT2D eigenvalue weighted by Gasteiger charge is 2.24. The number of nitrogens with zero attached hydrogens (tertiary/aromatic N) is 1. The molecule has 1 amide bonds. The lowest BCUT2D eigenvalue weighted by atomic mass is 9.95. The minimum Gasteiger partial charge on any atom is -0.492 e. The molecule has 6 heteroatoms. The number of likely N-dealkylation sites (tertiary alicyclic amines) is 1. The topological polar surface area (TPSA) is 41.6 Å². The van der Waals surface area contributed by atoms with E-state index in [0.717, 1.165) is 43.8 Å². The van der Waals surface area contributed by atoms with Crippen molar-refractivity contribution in [1.82, 2.24) is 10.2 Å². The van der Waals surface area contributed by atoms with Crippen LogP contribution in [0.3, 0.4) is 0 Å². The van der Waals surface area contributed by atoms with Crippen LogP contribution in [0.25, 0.3) is 0 Å². The maximum absolute atomic E-state index is 13.0. The number of carbonyl (C=O) groups excluding carboxylic acids is 1. The lowest BCUT2D eigenvalue weighted by molar-refractivity contribution is -0.126. The van der Waals surface area contributed by atoms with Crippen molar-refractivity contribution in [3.63, 3.8) is 0 Å². The average molecular weight is 391 g/mol. The number of nitrogens with one attached hydrogen (secondary N) is 1. The third kappa shape index (κ3) is 6.22. The number of benzene rings is 2. The molecule has 0 aromatic heterocycles. The van der Waals surface area contributed by atoms with Crippen molar-refractivity contribution in [3.8, 4) is 5.75 Å². The molecule has 3 rings (SSSR count). The third-order valence-electron chi connectivity index (χ3n) is 4.76. The number of halogens is 2. The SMILES string of the molecule is O=C(NCCOc1ccc(Cl)cc1)C1CCN(Cc2ccc(F)cc2)CC1. The number of ether oxygens (including phenoxy) is 1. The van der Waals surface area contributed by atoms with Crippen molar-refractivity contribution >= 4 is 17.5 Å². The summed E-state index contributed by atoms with van der Waals surface area (Å²) < 4.78 is 18.6. The number of piperidine rings is 1. The van der Waals surface area contributed by atoms with Gasteiger partial charge in [0.1, 0.15) is 18.2 Å². The Morgan fingerprint density at radius 3 is 2.44 bits per heavy atom. The first-order chi connectivity index (χ1) is 13.1. The van der Waals surface area contributed by atoms with Crippen LogP contribution in [-0.2, 0) is 11.3 Å². The molecule has 4 nitrogen and oxygen atoms in total. The molecule has 2 aromatic carbocycles. The van der Waals surface area contributed by atoms with Crippen molar-refractivity contribution in [1.29, 1.82) is 0 Å². The zero-order valence-electron chi connectivity index (χ0n) is 15.2. The van der Waals surface area contributed by atoms with Crippen molar-refractivity contribution in [2.24, 2.45) is 5.92 Å². The van der Waals surface area contributed by atoms with Crippen LogP contribution in [-0.4, -0.2) is 37.0 Å². The number of hydrogen-bond acceptors (Lipinski definition) is 3. The van der Waals surface area contributed by atoms with Gasteiger partial charge in [0.2, 0.25) is 5.91 Å². The summed E-state index contributed by atoms with van der Waals surface area (Å²) in [7, 11) is 0. The maximum atomic E-state index is 13.0. The van der Waals surface area contributed by atoms with Gasteiger partial charge in [-0.2, -0.15) is 0 Å². The van der Waals surface area contributed by atoms with E-state index < -0.39 is 0 Å². The summed E-state index contributed by atoms with van der Waals surface area (Å²) in [5, 5.41) is 3.62. The molecule has 0 atom stereocenters. The Kier molecular flexibility index (Phi) is 7.07. The molecule has 1 saturated heterocycles. The fourth-order valence-corrected chi connectivity index (χ4v) is 3.35. The third-order valence-corrected chi connectivity index (χ3v) is 5.01. The Morgan fingerprint density at radius 1 is 1.11 bits per heavy atom. The molecule has 27 heavy (non-hydrogen) atoms. The van der Waals surface area contributed by atoms with E-state index in [1.165, 1.54) is 12.1 Å². The molecule has 1 aliphatic rings. The summed E-state index contributed by atoms with van der Waals surface area (Å²) >= 11 is 5.83. The molecule has 1 heterocycles. The molecule has 2 aromatic rings. The number of hydrogen-bond donors (Lipinski definition) is 1. The van der Waals surface area contributed by atoms with Gasteiger partial charge in [0, 0.05) is 17.5 Å². The first-order valence-corrected chi connectivity index (χ1v) is 9.61. The largest absolute Gasteiger partial charge is 0.492 e. The van der Waals surface area contributed by atoms with E-state index in [2.05, 4.69) is 10.2 Å². The predicted molar refractivity (Wildman–Crippen MR) is 104 cm³/mol. The standard InChI is InChI=1S/C21H24ClFN2O2/c22-18-3-7-20(8-4-18)27-14-11-24-21(26)17-9-12-25(13-10-17)15-16-1-5-19(23)6-2-16/h1-8,17H,9-15H2,(H,24,26). The molecule has 0 aliphatic carbocycles. The van der Waals surface area contributed by atoms with Gasteiger partial charge < -0.3 is 10.1 Å². The summed E-state index contributed by atoms with van der Waals surface area (Å²) in [6, 6.07) is 13.8. The maximum Gasteiger partial charge on any atom is 0.223 e.